The Balaban J connectivity index is 0.000000366. The first kappa shape index (κ1) is 21.8. The number of carbonyl (C=O) groups is 1. The number of pyridine rings is 1. The molecule has 26 heavy (non-hydrogen) atoms. The number of fused-ring (bicyclic) bond motifs is 1. The summed E-state index contributed by atoms with van der Waals surface area (Å²) in [4.78, 5) is 14.7. The van der Waals surface area contributed by atoms with Crippen LogP contribution in [0.1, 0.15) is 25.0 Å². The Kier molecular flexibility index (Phi) is 8.37. The smallest absolute Gasteiger partial charge is 0.155 e. The van der Waals surface area contributed by atoms with Crippen LogP contribution in [0.15, 0.2) is 60.4 Å². The van der Waals surface area contributed by atoms with Gasteiger partial charge in [-0.25, -0.2) is 0 Å². The van der Waals surface area contributed by atoms with Gasteiger partial charge in [-0.1, -0.05) is 31.2 Å². The molecule has 2 aromatic carbocycles. The van der Waals surface area contributed by atoms with Gasteiger partial charge in [0, 0.05) is 31.6 Å². The monoisotopic (exact) mass is 525 g/mol. The summed E-state index contributed by atoms with van der Waals surface area (Å²) in [5, 5.41) is 9.58. The topological polar surface area (TPSA) is 50.2 Å². The second-order valence-electron chi connectivity index (χ2n) is 5.99. The normalized spacial score (nSPS) is 10.5. The molecular formula is C22H22IrNO2-. The molecule has 0 amide bonds. The number of para-hydroxylation sites is 1. The van der Waals surface area contributed by atoms with Crippen LogP contribution in [0.4, 0.5) is 0 Å². The summed E-state index contributed by atoms with van der Waals surface area (Å²) in [6.07, 6.45) is 1.17. The zero-order chi connectivity index (χ0) is 18.4. The Hall–Kier alpha value is -2.29. The Morgan fingerprint density at radius 2 is 1.77 bits per heavy atom. The first-order valence-corrected chi connectivity index (χ1v) is 8.10. The van der Waals surface area contributed by atoms with Gasteiger partial charge >= 0.3 is 0 Å². The number of aryl methyl sites for hydroxylation is 2. The van der Waals surface area contributed by atoms with E-state index in [9.17, 15) is 4.79 Å². The van der Waals surface area contributed by atoms with E-state index in [1.165, 1.54) is 30.9 Å². The fourth-order valence-corrected chi connectivity index (χ4v) is 2.52. The zero-order valence-corrected chi connectivity index (χ0v) is 17.7. The quantitative estimate of drug-likeness (QED) is 0.279. The van der Waals surface area contributed by atoms with Crippen molar-refractivity contribution in [3.63, 3.8) is 0 Å². The van der Waals surface area contributed by atoms with Gasteiger partial charge < -0.3 is 5.11 Å². The standard InChI is InChI=1S/C17H14N.C5H8O2.Ir/c1-12-6-5-7-14(10-12)17-11-13(2)15-8-3-4-9-16(15)18-17;1-4(6)3-5(2)7;/h3-9,11H,1-2H3;3,6H,1-2H3;/q-1;;/b;4-3-;. The number of aliphatic hydroxyl groups excluding tert-OH is 1. The third kappa shape index (κ3) is 6.21. The molecule has 0 atom stereocenters. The summed E-state index contributed by atoms with van der Waals surface area (Å²) in [6.45, 7) is 7.03. The van der Waals surface area contributed by atoms with E-state index in [0.717, 1.165) is 22.3 Å². The fourth-order valence-electron chi connectivity index (χ4n) is 2.52. The SMILES string of the molecule is CC(=O)/C=C(/C)O.Cc1[c-]c(-c2cc(C)c3ccccc3n2)ccc1.[Ir]. The summed E-state index contributed by atoms with van der Waals surface area (Å²) < 4.78 is 0. The van der Waals surface area contributed by atoms with Gasteiger partial charge in [0.05, 0.1) is 11.3 Å². The predicted octanol–water partition coefficient (Wildman–Crippen LogP) is 5.35. The number of aliphatic hydroxyl groups is 1. The van der Waals surface area contributed by atoms with Gasteiger partial charge in [0.1, 0.15) is 0 Å². The van der Waals surface area contributed by atoms with Gasteiger partial charge in [0.2, 0.25) is 0 Å². The third-order valence-electron chi connectivity index (χ3n) is 3.55. The van der Waals surface area contributed by atoms with Crippen LogP contribution in [0.3, 0.4) is 0 Å². The Morgan fingerprint density at radius 3 is 2.35 bits per heavy atom. The predicted molar refractivity (Wildman–Crippen MR) is 103 cm³/mol. The van der Waals surface area contributed by atoms with Gasteiger partial charge in [-0.05, 0) is 38.1 Å². The number of ketones is 1. The van der Waals surface area contributed by atoms with E-state index in [1.54, 1.807) is 0 Å². The molecule has 0 fully saturated rings. The summed E-state index contributed by atoms with van der Waals surface area (Å²) >= 11 is 0. The minimum absolute atomic E-state index is 0. The molecule has 3 rings (SSSR count). The van der Waals surface area contributed by atoms with Crippen molar-refractivity contribution in [3.05, 3.63) is 77.6 Å². The van der Waals surface area contributed by atoms with Crippen LogP contribution in [-0.4, -0.2) is 15.9 Å². The summed E-state index contributed by atoms with van der Waals surface area (Å²) in [7, 11) is 0. The largest absolute Gasteiger partial charge is 0.512 e. The van der Waals surface area contributed by atoms with E-state index in [0.29, 0.717) is 0 Å². The molecule has 3 nitrogen and oxygen atoms in total. The Morgan fingerprint density at radius 1 is 1.08 bits per heavy atom. The van der Waals surface area contributed by atoms with Crippen LogP contribution >= 0.6 is 0 Å². The summed E-state index contributed by atoms with van der Waals surface area (Å²) in [5.74, 6) is -0.0625. The molecule has 0 aliphatic heterocycles. The van der Waals surface area contributed by atoms with Crippen molar-refractivity contribution in [1.82, 2.24) is 4.98 Å². The number of rotatable bonds is 2. The summed E-state index contributed by atoms with van der Waals surface area (Å²) in [6, 6.07) is 19.9. The van der Waals surface area contributed by atoms with Crippen molar-refractivity contribution >= 4 is 16.7 Å². The number of nitrogens with zero attached hydrogens (tertiary/aromatic N) is 1. The van der Waals surface area contributed by atoms with Gasteiger partial charge in [-0.2, -0.15) is 0 Å². The average molecular weight is 525 g/mol. The minimum atomic E-state index is -0.125. The molecule has 0 spiro atoms. The first-order chi connectivity index (χ1) is 11.9. The van der Waals surface area contributed by atoms with Crippen molar-refractivity contribution in [3.8, 4) is 11.3 Å². The van der Waals surface area contributed by atoms with E-state index < -0.39 is 0 Å². The van der Waals surface area contributed by atoms with Crippen LogP contribution in [-0.2, 0) is 24.9 Å². The molecule has 1 heterocycles. The Labute approximate surface area is 168 Å². The average Bonchev–Trinajstić information content (AvgIpc) is 2.54. The molecule has 4 heteroatoms. The van der Waals surface area contributed by atoms with E-state index in [1.807, 2.05) is 12.1 Å². The molecule has 0 aliphatic carbocycles. The molecule has 137 valence electrons. The number of allylic oxidation sites excluding steroid dienone is 2. The Bertz CT molecular complexity index is 928. The maximum Gasteiger partial charge on any atom is 0.155 e. The molecule has 1 N–H and O–H groups in total. The maximum absolute atomic E-state index is 10.0. The van der Waals surface area contributed by atoms with Gasteiger partial charge in [0.25, 0.3) is 0 Å². The second-order valence-corrected chi connectivity index (χ2v) is 5.99. The second kappa shape index (κ2) is 10.0. The maximum atomic E-state index is 10.0. The van der Waals surface area contributed by atoms with Crippen LogP contribution < -0.4 is 0 Å². The van der Waals surface area contributed by atoms with Crippen LogP contribution in [0.25, 0.3) is 22.2 Å². The molecule has 1 aromatic heterocycles. The van der Waals surface area contributed by atoms with Gasteiger partial charge in [-0.15, -0.1) is 35.4 Å². The number of hydrogen-bond donors (Lipinski definition) is 1. The third-order valence-corrected chi connectivity index (χ3v) is 3.55. The summed E-state index contributed by atoms with van der Waals surface area (Å²) in [5.41, 5.74) is 5.49. The molecule has 3 aromatic rings. The van der Waals surface area contributed by atoms with Crippen molar-refractivity contribution in [2.45, 2.75) is 27.7 Å². The van der Waals surface area contributed by atoms with Gasteiger partial charge in [-0.3, -0.25) is 9.78 Å². The minimum Gasteiger partial charge on any atom is -0.512 e. The zero-order valence-electron chi connectivity index (χ0n) is 15.3. The van der Waals surface area contributed by atoms with E-state index in [-0.39, 0.29) is 31.6 Å². The molecule has 1 radical (unpaired) electrons. The van der Waals surface area contributed by atoms with Crippen molar-refractivity contribution in [2.24, 2.45) is 0 Å². The van der Waals surface area contributed by atoms with E-state index in [2.05, 4.69) is 56.3 Å². The fraction of sp³-hybridized carbons (Fsp3) is 0.182. The first-order valence-electron chi connectivity index (χ1n) is 8.10. The van der Waals surface area contributed by atoms with Crippen molar-refractivity contribution in [2.75, 3.05) is 0 Å². The molecule has 0 unspecified atom stereocenters. The molecule has 0 saturated carbocycles. The number of hydrogen-bond acceptors (Lipinski definition) is 3. The van der Waals surface area contributed by atoms with Crippen molar-refractivity contribution < 1.29 is 30.0 Å². The number of carbonyl (C=O) groups excluding carboxylic acids is 1. The molecular weight excluding hydrogens is 502 g/mol. The van der Waals surface area contributed by atoms with Gasteiger partial charge in [0.15, 0.2) is 5.78 Å². The van der Waals surface area contributed by atoms with E-state index >= 15 is 0 Å². The number of aromatic nitrogens is 1. The van der Waals surface area contributed by atoms with Crippen LogP contribution in [0.2, 0.25) is 0 Å². The molecule has 0 bridgehead atoms. The van der Waals surface area contributed by atoms with E-state index in [4.69, 9.17) is 10.1 Å². The van der Waals surface area contributed by atoms with Crippen LogP contribution in [0, 0.1) is 19.9 Å². The molecule has 0 aliphatic rings. The van der Waals surface area contributed by atoms with Crippen LogP contribution in [0.5, 0.6) is 0 Å². The molecule has 0 saturated heterocycles. The number of benzene rings is 2. The van der Waals surface area contributed by atoms with Crippen molar-refractivity contribution in [1.29, 1.82) is 0 Å².